The molecule has 1 heterocycles. The van der Waals surface area contributed by atoms with Crippen molar-refractivity contribution in [3.63, 3.8) is 0 Å². The zero-order valence-corrected chi connectivity index (χ0v) is 21.3. The number of esters is 1. The van der Waals surface area contributed by atoms with Crippen LogP contribution >= 0.6 is 15.9 Å². The minimum absolute atomic E-state index is 0.219. The molecule has 0 saturated carbocycles. The first-order chi connectivity index (χ1) is 15.6. The summed E-state index contributed by atoms with van der Waals surface area (Å²) in [7, 11) is -0.936. The number of anilines is 1. The van der Waals surface area contributed by atoms with E-state index < -0.39 is 21.5 Å². The van der Waals surface area contributed by atoms with E-state index in [0.29, 0.717) is 34.3 Å². The summed E-state index contributed by atoms with van der Waals surface area (Å²) in [6, 6.07) is 10.5. The third-order valence-corrected chi connectivity index (χ3v) is 6.78. The van der Waals surface area contributed by atoms with Crippen LogP contribution < -0.4 is 9.64 Å². The molecule has 0 spiro atoms. The van der Waals surface area contributed by atoms with E-state index in [1.807, 2.05) is 19.1 Å². The van der Waals surface area contributed by atoms with E-state index in [1.165, 1.54) is 7.11 Å². The maximum atomic E-state index is 13.9. The summed E-state index contributed by atoms with van der Waals surface area (Å²) in [5, 5.41) is 0. The Hall–Kier alpha value is -2.43. The Labute approximate surface area is 202 Å². The van der Waals surface area contributed by atoms with Crippen LogP contribution in [0.3, 0.4) is 0 Å². The maximum absolute atomic E-state index is 13.9. The van der Waals surface area contributed by atoms with Gasteiger partial charge in [0.25, 0.3) is 10.1 Å². The van der Waals surface area contributed by atoms with Crippen LogP contribution in [0.1, 0.15) is 41.3 Å². The van der Waals surface area contributed by atoms with Crippen LogP contribution in [0.4, 0.5) is 5.69 Å². The standard InChI is InChI=1S/C23H26BrNO7S/c1-5-10-23(14-32-33(4,28)29)20-18(24)11-16(21(26)31-3)12-19(20)25(22(23)27)13-15-6-8-17(30-2)9-7-15/h6-9,11-12H,5,10,13-14H2,1-4H3. The molecule has 0 bridgehead atoms. The molecule has 33 heavy (non-hydrogen) atoms. The van der Waals surface area contributed by atoms with Gasteiger partial charge in [0.15, 0.2) is 0 Å². The van der Waals surface area contributed by atoms with Crippen molar-refractivity contribution >= 4 is 43.6 Å². The van der Waals surface area contributed by atoms with E-state index in [1.54, 1.807) is 36.3 Å². The zero-order chi connectivity index (χ0) is 24.4. The van der Waals surface area contributed by atoms with Crippen molar-refractivity contribution in [3.8, 4) is 5.75 Å². The van der Waals surface area contributed by atoms with Gasteiger partial charge in [0.2, 0.25) is 5.91 Å². The third kappa shape index (κ3) is 5.07. The van der Waals surface area contributed by atoms with Gasteiger partial charge in [-0.1, -0.05) is 41.4 Å². The van der Waals surface area contributed by atoms with Gasteiger partial charge in [0, 0.05) is 10.0 Å². The number of nitrogens with zero attached hydrogens (tertiary/aromatic N) is 1. The Morgan fingerprint density at radius 1 is 1.15 bits per heavy atom. The number of hydrogen-bond acceptors (Lipinski definition) is 7. The van der Waals surface area contributed by atoms with Crippen molar-refractivity contribution < 1.29 is 31.7 Å². The molecule has 10 heteroatoms. The van der Waals surface area contributed by atoms with Crippen LogP contribution in [-0.2, 0) is 35.8 Å². The number of halogens is 1. The van der Waals surface area contributed by atoms with Crippen LogP contribution in [0.25, 0.3) is 0 Å². The minimum Gasteiger partial charge on any atom is -0.497 e. The summed E-state index contributed by atoms with van der Waals surface area (Å²) in [4.78, 5) is 27.7. The molecule has 3 rings (SSSR count). The van der Waals surface area contributed by atoms with Gasteiger partial charge >= 0.3 is 5.97 Å². The van der Waals surface area contributed by atoms with Gasteiger partial charge in [-0.3, -0.25) is 8.98 Å². The van der Waals surface area contributed by atoms with E-state index in [9.17, 15) is 18.0 Å². The SMILES string of the molecule is CCCC1(COS(C)(=O)=O)C(=O)N(Cc2ccc(OC)cc2)c2cc(C(=O)OC)cc(Br)c21. The lowest BCUT2D eigenvalue weighted by molar-refractivity contribution is -0.124. The molecule has 0 fully saturated rings. The molecule has 0 aromatic heterocycles. The second-order valence-corrected chi connectivity index (χ2v) is 10.4. The zero-order valence-electron chi connectivity index (χ0n) is 18.9. The molecule has 1 aliphatic heterocycles. The van der Waals surface area contributed by atoms with Crippen LogP contribution in [0.5, 0.6) is 5.75 Å². The fourth-order valence-electron chi connectivity index (χ4n) is 4.13. The summed E-state index contributed by atoms with van der Waals surface area (Å²) in [6.45, 7) is 1.80. The molecule has 2 aromatic carbocycles. The second-order valence-electron chi connectivity index (χ2n) is 7.88. The van der Waals surface area contributed by atoms with Gasteiger partial charge in [-0.25, -0.2) is 4.79 Å². The van der Waals surface area contributed by atoms with Crippen LogP contribution in [0.15, 0.2) is 40.9 Å². The summed E-state index contributed by atoms with van der Waals surface area (Å²) in [5.41, 5.74) is 0.987. The Morgan fingerprint density at radius 2 is 1.82 bits per heavy atom. The summed E-state index contributed by atoms with van der Waals surface area (Å²) in [5.74, 6) is -0.151. The van der Waals surface area contributed by atoms with E-state index in [0.717, 1.165) is 11.8 Å². The lowest BCUT2D eigenvalue weighted by Gasteiger charge is -2.28. The number of carbonyl (C=O) groups is 2. The first-order valence-corrected chi connectivity index (χ1v) is 12.9. The molecule has 0 N–H and O–H groups in total. The Kier molecular flexibility index (Phi) is 7.50. The fraction of sp³-hybridized carbons (Fsp3) is 0.391. The van der Waals surface area contributed by atoms with Gasteiger partial charge in [-0.05, 0) is 36.2 Å². The van der Waals surface area contributed by atoms with Crippen molar-refractivity contribution in [2.24, 2.45) is 0 Å². The van der Waals surface area contributed by atoms with Crippen LogP contribution in [0, 0.1) is 0 Å². The quantitative estimate of drug-likeness (QED) is 0.353. The average molecular weight is 540 g/mol. The van der Waals surface area contributed by atoms with Gasteiger partial charge in [0.1, 0.15) is 11.2 Å². The van der Waals surface area contributed by atoms with Gasteiger partial charge in [-0.2, -0.15) is 8.42 Å². The summed E-state index contributed by atoms with van der Waals surface area (Å²) < 4.78 is 39.4. The molecule has 178 valence electrons. The van der Waals surface area contributed by atoms with E-state index in [-0.39, 0.29) is 24.6 Å². The lowest BCUT2D eigenvalue weighted by atomic mass is 9.78. The number of amides is 1. The van der Waals surface area contributed by atoms with Crippen molar-refractivity contribution in [2.45, 2.75) is 31.7 Å². The molecule has 0 radical (unpaired) electrons. The monoisotopic (exact) mass is 539 g/mol. The smallest absolute Gasteiger partial charge is 0.337 e. The fourth-order valence-corrected chi connectivity index (χ4v) is 5.38. The number of ether oxygens (including phenoxy) is 2. The second kappa shape index (κ2) is 9.82. The molecule has 0 saturated heterocycles. The molecule has 8 nitrogen and oxygen atoms in total. The molecule has 0 aliphatic carbocycles. The van der Waals surface area contributed by atoms with Crippen molar-refractivity contribution in [3.05, 3.63) is 57.6 Å². The van der Waals surface area contributed by atoms with Gasteiger partial charge in [-0.15, -0.1) is 0 Å². The highest BCUT2D eigenvalue weighted by Crippen LogP contribution is 2.49. The number of methoxy groups -OCH3 is 2. The first kappa shape index (κ1) is 25.2. The Bertz CT molecular complexity index is 1160. The lowest BCUT2D eigenvalue weighted by Crippen LogP contribution is -2.44. The van der Waals surface area contributed by atoms with Gasteiger partial charge < -0.3 is 14.4 Å². The number of hydrogen-bond donors (Lipinski definition) is 0. The van der Waals surface area contributed by atoms with E-state index >= 15 is 0 Å². The predicted octanol–water partition coefficient (Wildman–Crippen LogP) is 3.81. The third-order valence-electron chi connectivity index (χ3n) is 5.61. The van der Waals surface area contributed by atoms with Crippen LogP contribution in [0.2, 0.25) is 0 Å². The van der Waals surface area contributed by atoms with E-state index in [4.69, 9.17) is 13.7 Å². The molecule has 1 unspecified atom stereocenters. The summed E-state index contributed by atoms with van der Waals surface area (Å²) in [6.07, 6.45) is 1.93. The van der Waals surface area contributed by atoms with Crippen molar-refractivity contribution in [1.82, 2.24) is 0 Å². The van der Waals surface area contributed by atoms with Gasteiger partial charge in [0.05, 0.1) is 44.9 Å². The molecule has 2 aromatic rings. The number of benzene rings is 2. The molecule has 1 amide bonds. The number of rotatable bonds is 9. The molecular weight excluding hydrogens is 514 g/mol. The van der Waals surface area contributed by atoms with Crippen molar-refractivity contribution in [2.75, 3.05) is 32.0 Å². The minimum atomic E-state index is -3.79. The van der Waals surface area contributed by atoms with E-state index in [2.05, 4.69) is 15.9 Å². The maximum Gasteiger partial charge on any atom is 0.337 e. The molecule has 1 atom stereocenters. The highest BCUT2D eigenvalue weighted by atomic mass is 79.9. The number of fused-ring (bicyclic) bond motifs is 1. The highest BCUT2D eigenvalue weighted by Gasteiger charge is 2.52. The highest BCUT2D eigenvalue weighted by molar-refractivity contribution is 9.10. The summed E-state index contributed by atoms with van der Waals surface area (Å²) >= 11 is 3.51. The first-order valence-electron chi connectivity index (χ1n) is 10.3. The van der Waals surface area contributed by atoms with Crippen molar-refractivity contribution in [1.29, 1.82) is 0 Å². The molecular formula is C23H26BrNO7S. The molecule has 1 aliphatic rings. The largest absolute Gasteiger partial charge is 0.497 e. The topological polar surface area (TPSA) is 99.2 Å². The Morgan fingerprint density at radius 3 is 2.36 bits per heavy atom. The number of carbonyl (C=O) groups excluding carboxylic acids is 2. The Balaban J connectivity index is 2.17. The predicted molar refractivity (Wildman–Crippen MR) is 127 cm³/mol. The normalized spacial score (nSPS) is 17.7. The van der Waals surface area contributed by atoms with Crippen LogP contribution in [-0.4, -0.2) is 47.4 Å². The average Bonchev–Trinajstić information content (AvgIpc) is 3.00.